The van der Waals surface area contributed by atoms with Gasteiger partial charge in [0, 0.05) is 11.6 Å². The van der Waals surface area contributed by atoms with Gasteiger partial charge in [0.15, 0.2) is 0 Å². The lowest BCUT2D eigenvalue weighted by molar-refractivity contribution is 0.0737. The Kier molecular flexibility index (Phi) is 2.94. The molecule has 0 aliphatic heterocycles. The van der Waals surface area contributed by atoms with Crippen molar-refractivity contribution in [2.24, 2.45) is 0 Å². The highest BCUT2D eigenvalue weighted by molar-refractivity contribution is 5.94. The van der Waals surface area contributed by atoms with Gasteiger partial charge in [-0.2, -0.15) is 0 Å². The third kappa shape index (κ3) is 2.31. The summed E-state index contributed by atoms with van der Waals surface area (Å²) in [5, 5.41) is 0.828. The Labute approximate surface area is 110 Å². The quantitative estimate of drug-likeness (QED) is 0.653. The zero-order valence-corrected chi connectivity index (χ0v) is 10.1. The van der Waals surface area contributed by atoms with Gasteiger partial charge in [0.2, 0.25) is 0 Å². The molecule has 0 N–H and O–H groups in total. The first-order chi connectivity index (χ1) is 9.34. The summed E-state index contributed by atoms with van der Waals surface area (Å²) in [5.41, 5.74) is 1.34. The number of carbonyl (C=O) groups excluding carboxylic acids is 1. The van der Waals surface area contributed by atoms with Crippen molar-refractivity contribution in [2.45, 2.75) is 0 Å². The Balaban J connectivity index is 1.96. The molecule has 3 aromatic rings. The predicted octanol–water partition coefficient (Wildman–Crippen LogP) is 3.45. The average molecular weight is 249 g/mol. The van der Waals surface area contributed by atoms with Crippen molar-refractivity contribution >= 4 is 16.9 Å². The van der Waals surface area contributed by atoms with Crippen LogP contribution in [0.3, 0.4) is 0 Å². The van der Waals surface area contributed by atoms with Gasteiger partial charge < -0.3 is 4.74 Å². The summed E-state index contributed by atoms with van der Waals surface area (Å²) >= 11 is 0. The fourth-order valence-electron chi connectivity index (χ4n) is 1.89. The van der Waals surface area contributed by atoms with Gasteiger partial charge in [-0.25, -0.2) is 4.79 Å². The van der Waals surface area contributed by atoms with Crippen LogP contribution in [0.25, 0.3) is 10.9 Å². The Bertz CT molecular complexity index is 718. The maximum absolute atomic E-state index is 12.0. The smallest absolute Gasteiger partial charge is 0.343 e. The van der Waals surface area contributed by atoms with Gasteiger partial charge in [-0.3, -0.25) is 4.98 Å². The standard InChI is InChI=1S/C16H11NO2/c18-16(12-6-2-1-3-7-12)19-15-10-11-17-14-9-5-4-8-13(14)15/h1-11H. The monoisotopic (exact) mass is 249 g/mol. The summed E-state index contributed by atoms with van der Waals surface area (Å²) in [7, 11) is 0. The van der Waals surface area contributed by atoms with Crippen LogP contribution in [0.5, 0.6) is 5.75 Å². The second kappa shape index (κ2) is 4.90. The van der Waals surface area contributed by atoms with E-state index in [-0.39, 0.29) is 5.97 Å². The van der Waals surface area contributed by atoms with E-state index in [4.69, 9.17) is 4.74 Å². The summed E-state index contributed by atoms with van der Waals surface area (Å²) in [6, 6.07) is 18.2. The number of nitrogens with zero attached hydrogens (tertiary/aromatic N) is 1. The number of aromatic nitrogens is 1. The van der Waals surface area contributed by atoms with Crippen molar-refractivity contribution in [1.82, 2.24) is 4.98 Å². The van der Waals surface area contributed by atoms with Crippen molar-refractivity contribution in [3.8, 4) is 5.75 Å². The molecule has 0 saturated carbocycles. The summed E-state index contributed by atoms with van der Waals surface area (Å²) in [6.07, 6.45) is 1.63. The molecular formula is C16H11NO2. The van der Waals surface area contributed by atoms with Crippen LogP contribution in [0.1, 0.15) is 10.4 Å². The van der Waals surface area contributed by atoms with E-state index in [9.17, 15) is 4.79 Å². The highest BCUT2D eigenvalue weighted by Crippen LogP contribution is 2.24. The minimum atomic E-state index is -0.364. The number of benzene rings is 2. The molecule has 92 valence electrons. The molecule has 0 spiro atoms. The van der Waals surface area contributed by atoms with E-state index in [0.29, 0.717) is 11.3 Å². The molecule has 0 fully saturated rings. The van der Waals surface area contributed by atoms with Crippen molar-refractivity contribution in [1.29, 1.82) is 0 Å². The third-order valence-electron chi connectivity index (χ3n) is 2.82. The zero-order valence-electron chi connectivity index (χ0n) is 10.1. The molecule has 3 heteroatoms. The maximum Gasteiger partial charge on any atom is 0.343 e. The number of esters is 1. The van der Waals surface area contributed by atoms with Crippen molar-refractivity contribution in [3.05, 3.63) is 72.4 Å². The fourth-order valence-corrected chi connectivity index (χ4v) is 1.89. The van der Waals surface area contributed by atoms with Crippen LogP contribution in [0, 0.1) is 0 Å². The molecule has 0 unspecified atom stereocenters. The predicted molar refractivity (Wildman–Crippen MR) is 73.1 cm³/mol. The number of hydrogen-bond donors (Lipinski definition) is 0. The molecular weight excluding hydrogens is 238 g/mol. The lowest BCUT2D eigenvalue weighted by Crippen LogP contribution is -2.08. The molecule has 0 amide bonds. The Morgan fingerprint density at radius 2 is 1.63 bits per heavy atom. The van der Waals surface area contributed by atoms with Gasteiger partial charge in [0.1, 0.15) is 5.75 Å². The maximum atomic E-state index is 12.0. The van der Waals surface area contributed by atoms with Crippen molar-refractivity contribution in [3.63, 3.8) is 0 Å². The van der Waals surface area contributed by atoms with E-state index >= 15 is 0 Å². The van der Waals surface area contributed by atoms with E-state index in [1.807, 2.05) is 30.3 Å². The Hall–Kier alpha value is -2.68. The molecule has 2 aromatic carbocycles. The highest BCUT2D eigenvalue weighted by Gasteiger charge is 2.10. The molecule has 0 atom stereocenters. The van der Waals surface area contributed by atoms with Crippen molar-refractivity contribution in [2.75, 3.05) is 0 Å². The van der Waals surface area contributed by atoms with Gasteiger partial charge in [0.25, 0.3) is 0 Å². The number of pyridine rings is 1. The van der Waals surface area contributed by atoms with Crippen LogP contribution in [-0.4, -0.2) is 11.0 Å². The van der Waals surface area contributed by atoms with Gasteiger partial charge in [0.05, 0.1) is 11.1 Å². The molecule has 0 aliphatic rings. The molecule has 3 nitrogen and oxygen atoms in total. The first kappa shape index (κ1) is 11.4. The van der Waals surface area contributed by atoms with Crippen LogP contribution in [0.15, 0.2) is 66.9 Å². The van der Waals surface area contributed by atoms with E-state index in [1.165, 1.54) is 0 Å². The van der Waals surface area contributed by atoms with E-state index in [0.717, 1.165) is 10.9 Å². The number of carbonyl (C=O) groups is 1. The Morgan fingerprint density at radius 3 is 2.47 bits per heavy atom. The molecule has 0 saturated heterocycles. The molecule has 0 aliphatic carbocycles. The lowest BCUT2D eigenvalue weighted by Gasteiger charge is -2.06. The second-order valence-corrected chi connectivity index (χ2v) is 4.08. The van der Waals surface area contributed by atoms with Gasteiger partial charge in [-0.05, 0) is 30.3 Å². The minimum Gasteiger partial charge on any atom is -0.422 e. The summed E-state index contributed by atoms with van der Waals surface area (Å²) in [4.78, 5) is 16.2. The summed E-state index contributed by atoms with van der Waals surface area (Å²) in [5.74, 6) is 0.163. The minimum absolute atomic E-state index is 0.364. The van der Waals surface area contributed by atoms with E-state index in [1.54, 1.807) is 36.5 Å². The van der Waals surface area contributed by atoms with Crippen LogP contribution in [-0.2, 0) is 0 Å². The molecule has 0 bridgehead atoms. The average Bonchev–Trinajstić information content (AvgIpc) is 2.48. The molecule has 0 radical (unpaired) electrons. The SMILES string of the molecule is O=C(Oc1ccnc2ccccc12)c1ccccc1. The number of hydrogen-bond acceptors (Lipinski definition) is 3. The van der Waals surface area contributed by atoms with Gasteiger partial charge in [-0.1, -0.05) is 30.3 Å². The van der Waals surface area contributed by atoms with E-state index < -0.39 is 0 Å². The van der Waals surface area contributed by atoms with Crippen molar-refractivity contribution < 1.29 is 9.53 Å². The first-order valence-corrected chi connectivity index (χ1v) is 5.95. The van der Waals surface area contributed by atoms with Gasteiger partial charge >= 0.3 is 5.97 Å². The summed E-state index contributed by atoms with van der Waals surface area (Å²) < 4.78 is 5.43. The topological polar surface area (TPSA) is 39.2 Å². The number of para-hydroxylation sites is 1. The molecule has 3 rings (SSSR count). The van der Waals surface area contributed by atoms with E-state index in [2.05, 4.69) is 4.98 Å². The van der Waals surface area contributed by atoms with Crippen LogP contribution < -0.4 is 4.74 Å². The van der Waals surface area contributed by atoms with Crippen LogP contribution >= 0.6 is 0 Å². The van der Waals surface area contributed by atoms with Crippen LogP contribution in [0.2, 0.25) is 0 Å². The molecule has 1 aromatic heterocycles. The number of ether oxygens (including phenoxy) is 1. The third-order valence-corrected chi connectivity index (χ3v) is 2.82. The summed E-state index contributed by atoms with van der Waals surface area (Å²) in [6.45, 7) is 0. The van der Waals surface area contributed by atoms with Gasteiger partial charge in [-0.15, -0.1) is 0 Å². The second-order valence-electron chi connectivity index (χ2n) is 4.08. The normalized spacial score (nSPS) is 10.3. The zero-order chi connectivity index (χ0) is 13.1. The van der Waals surface area contributed by atoms with Crippen LogP contribution in [0.4, 0.5) is 0 Å². The Morgan fingerprint density at radius 1 is 0.895 bits per heavy atom. The number of fused-ring (bicyclic) bond motifs is 1. The largest absolute Gasteiger partial charge is 0.422 e. The number of rotatable bonds is 2. The molecule has 19 heavy (non-hydrogen) atoms. The first-order valence-electron chi connectivity index (χ1n) is 5.95. The lowest BCUT2D eigenvalue weighted by atomic mass is 10.2. The highest BCUT2D eigenvalue weighted by atomic mass is 16.5. The molecule has 1 heterocycles. The fraction of sp³-hybridized carbons (Fsp3) is 0.